The minimum atomic E-state index is -0.351. The van der Waals surface area contributed by atoms with Gasteiger partial charge in [-0.3, -0.25) is 0 Å². The van der Waals surface area contributed by atoms with Crippen LogP contribution in [0.25, 0.3) is 0 Å². The van der Waals surface area contributed by atoms with Crippen molar-refractivity contribution in [2.45, 2.75) is 24.3 Å². The maximum Gasteiger partial charge on any atom is 0.223 e. The van der Waals surface area contributed by atoms with Crippen LogP contribution in [0.4, 0.5) is 4.39 Å². The fourth-order valence-electron chi connectivity index (χ4n) is 2.16. The summed E-state index contributed by atoms with van der Waals surface area (Å²) in [6, 6.07) is 15.4. The normalized spacial score (nSPS) is 10.7. The molecular formula is C19H16ClFN2OS. The van der Waals surface area contributed by atoms with Crippen LogP contribution in [0.5, 0.6) is 11.6 Å². The van der Waals surface area contributed by atoms with Gasteiger partial charge in [0, 0.05) is 28.6 Å². The predicted molar refractivity (Wildman–Crippen MR) is 98.9 cm³/mol. The van der Waals surface area contributed by atoms with E-state index in [-0.39, 0.29) is 5.82 Å². The molecule has 128 valence electrons. The summed E-state index contributed by atoms with van der Waals surface area (Å²) in [6.07, 6.45) is 0.752. The van der Waals surface area contributed by atoms with E-state index in [9.17, 15) is 4.39 Å². The maximum absolute atomic E-state index is 13.3. The third-order valence-electron chi connectivity index (χ3n) is 3.43. The molecular weight excluding hydrogens is 359 g/mol. The van der Waals surface area contributed by atoms with E-state index in [1.807, 2.05) is 31.2 Å². The number of halogens is 2. The largest absolute Gasteiger partial charge is 0.439 e. The molecule has 0 radical (unpaired) electrons. The van der Waals surface area contributed by atoms with Crippen LogP contribution >= 0.6 is 23.4 Å². The standard InChI is InChI=1S/C19H16ClFN2OS/c1-2-15-11-18(24-16-8-5-7-14(21)10-16)23-19(22-15)25-12-13-6-3-4-9-17(13)20/h3-11H,2,12H2,1H3. The Morgan fingerprint density at radius 3 is 2.68 bits per heavy atom. The number of benzene rings is 2. The molecule has 25 heavy (non-hydrogen) atoms. The van der Waals surface area contributed by atoms with Gasteiger partial charge in [0.05, 0.1) is 0 Å². The maximum atomic E-state index is 13.3. The molecule has 2 aromatic carbocycles. The van der Waals surface area contributed by atoms with E-state index in [2.05, 4.69) is 9.97 Å². The number of nitrogens with zero attached hydrogens (tertiary/aromatic N) is 2. The van der Waals surface area contributed by atoms with Crippen LogP contribution in [0.1, 0.15) is 18.2 Å². The minimum absolute atomic E-state index is 0.351. The second-order valence-electron chi connectivity index (χ2n) is 5.27. The van der Waals surface area contributed by atoms with Gasteiger partial charge < -0.3 is 4.74 Å². The number of ether oxygens (including phenoxy) is 1. The van der Waals surface area contributed by atoms with E-state index in [4.69, 9.17) is 16.3 Å². The van der Waals surface area contributed by atoms with Crippen LogP contribution in [0.15, 0.2) is 59.8 Å². The molecule has 0 unspecified atom stereocenters. The molecule has 1 aromatic heterocycles. The van der Waals surface area contributed by atoms with E-state index >= 15 is 0 Å². The smallest absolute Gasteiger partial charge is 0.223 e. The second kappa shape index (κ2) is 8.32. The van der Waals surface area contributed by atoms with Crippen LogP contribution in [-0.2, 0) is 12.2 Å². The van der Waals surface area contributed by atoms with Crippen molar-refractivity contribution in [2.24, 2.45) is 0 Å². The third-order valence-corrected chi connectivity index (χ3v) is 4.70. The Balaban J connectivity index is 1.79. The van der Waals surface area contributed by atoms with Gasteiger partial charge in [-0.25, -0.2) is 9.37 Å². The first kappa shape index (κ1) is 17.7. The summed E-state index contributed by atoms with van der Waals surface area (Å²) in [4.78, 5) is 8.93. The zero-order valence-electron chi connectivity index (χ0n) is 13.6. The van der Waals surface area contributed by atoms with Gasteiger partial charge in [0.1, 0.15) is 11.6 Å². The lowest BCUT2D eigenvalue weighted by atomic mass is 10.2. The van der Waals surface area contributed by atoms with Gasteiger partial charge in [-0.1, -0.05) is 54.6 Å². The van der Waals surface area contributed by atoms with Crippen molar-refractivity contribution in [3.05, 3.63) is 76.7 Å². The Morgan fingerprint density at radius 2 is 1.92 bits per heavy atom. The lowest BCUT2D eigenvalue weighted by Crippen LogP contribution is -1.97. The Kier molecular flexibility index (Phi) is 5.89. The average Bonchev–Trinajstić information content (AvgIpc) is 2.61. The van der Waals surface area contributed by atoms with Gasteiger partial charge in [0.2, 0.25) is 5.88 Å². The van der Waals surface area contributed by atoms with Gasteiger partial charge in [-0.2, -0.15) is 4.98 Å². The van der Waals surface area contributed by atoms with Gasteiger partial charge in [0.25, 0.3) is 0 Å². The molecule has 0 atom stereocenters. The zero-order valence-corrected chi connectivity index (χ0v) is 15.1. The van der Waals surface area contributed by atoms with Gasteiger partial charge in [-0.15, -0.1) is 0 Å². The van der Waals surface area contributed by atoms with Crippen LogP contribution < -0.4 is 4.74 Å². The van der Waals surface area contributed by atoms with Crippen LogP contribution in [0.2, 0.25) is 5.02 Å². The molecule has 0 aliphatic carbocycles. The number of aryl methyl sites for hydroxylation is 1. The molecule has 3 aromatic rings. The van der Waals surface area contributed by atoms with Gasteiger partial charge in [-0.05, 0) is 30.2 Å². The van der Waals surface area contributed by atoms with Crippen molar-refractivity contribution in [2.75, 3.05) is 0 Å². The Morgan fingerprint density at radius 1 is 1.08 bits per heavy atom. The highest BCUT2D eigenvalue weighted by Gasteiger charge is 2.09. The summed E-state index contributed by atoms with van der Waals surface area (Å²) in [5.74, 6) is 1.11. The summed E-state index contributed by atoms with van der Waals surface area (Å²) in [6.45, 7) is 2.01. The van der Waals surface area contributed by atoms with E-state index in [1.54, 1.807) is 18.2 Å². The second-order valence-corrected chi connectivity index (χ2v) is 6.62. The van der Waals surface area contributed by atoms with Crippen molar-refractivity contribution < 1.29 is 9.13 Å². The minimum Gasteiger partial charge on any atom is -0.439 e. The van der Waals surface area contributed by atoms with Crippen LogP contribution in [0.3, 0.4) is 0 Å². The Bertz CT molecular complexity index is 876. The molecule has 0 N–H and O–H groups in total. The zero-order chi connectivity index (χ0) is 17.6. The number of rotatable bonds is 6. The van der Waals surface area contributed by atoms with Crippen molar-refractivity contribution in [3.63, 3.8) is 0 Å². The fraction of sp³-hybridized carbons (Fsp3) is 0.158. The molecule has 0 fully saturated rings. The molecule has 6 heteroatoms. The van der Waals surface area contributed by atoms with E-state index in [0.717, 1.165) is 22.7 Å². The third kappa shape index (κ3) is 4.94. The van der Waals surface area contributed by atoms with Crippen molar-refractivity contribution in [3.8, 4) is 11.6 Å². The van der Waals surface area contributed by atoms with E-state index in [1.165, 1.54) is 23.9 Å². The Hall–Kier alpha value is -2.11. The number of hydrogen-bond donors (Lipinski definition) is 0. The highest BCUT2D eigenvalue weighted by Crippen LogP contribution is 2.27. The van der Waals surface area contributed by atoms with Gasteiger partial charge in [0.15, 0.2) is 5.16 Å². The van der Waals surface area contributed by atoms with Crippen LogP contribution in [-0.4, -0.2) is 9.97 Å². The summed E-state index contributed by atoms with van der Waals surface area (Å²) < 4.78 is 19.0. The molecule has 1 heterocycles. The fourth-order valence-corrected chi connectivity index (χ4v) is 3.31. The molecule has 0 aliphatic rings. The quantitative estimate of drug-likeness (QED) is 0.396. The predicted octanol–water partition coefficient (Wildman–Crippen LogP) is 5.92. The summed E-state index contributed by atoms with van der Waals surface area (Å²) in [7, 11) is 0. The molecule has 0 saturated heterocycles. The topological polar surface area (TPSA) is 35.0 Å². The van der Waals surface area contributed by atoms with E-state index < -0.39 is 0 Å². The van der Waals surface area contributed by atoms with E-state index in [0.29, 0.717) is 22.5 Å². The number of thioether (sulfide) groups is 1. The molecule has 3 nitrogen and oxygen atoms in total. The van der Waals surface area contributed by atoms with Crippen LogP contribution in [0, 0.1) is 5.82 Å². The monoisotopic (exact) mass is 374 g/mol. The average molecular weight is 375 g/mol. The van der Waals surface area contributed by atoms with Crippen molar-refractivity contribution in [1.29, 1.82) is 0 Å². The highest BCUT2D eigenvalue weighted by atomic mass is 35.5. The lowest BCUT2D eigenvalue weighted by molar-refractivity contribution is 0.449. The molecule has 0 spiro atoms. The summed E-state index contributed by atoms with van der Waals surface area (Å²) in [5.41, 5.74) is 1.88. The summed E-state index contributed by atoms with van der Waals surface area (Å²) in [5, 5.41) is 1.32. The van der Waals surface area contributed by atoms with Gasteiger partial charge >= 0.3 is 0 Å². The molecule has 0 aliphatic heterocycles. The van der Waals surface area contributed by atoms with Crippen molar-refractivity contribution >= 4 is 23.4 Å². The molecule has 0 bridgehead atoms. The van der Waals surface area contributed by atoms with Crippen molar-refractivity contribution in [1.82, 2.24) is 9.97 Å². The highest BCUT2D eigenvalue weighted by molar-refractivity contribution is 7.98. The lowest BCUT2D eigenvalue weighted by Gasteiger charge is -2.09. The SMILES string of the molecule is CCc1cc(Oc2cccc(F)c2)nc(SCc2ccccc2Cl)n1. The molecule has 0 saturated carbocycles. The first-order valence-corrected chi connectivity index (χ1v) is 9.18. The first-order valence-electron chi connectivity index (χ1n) is 7.81. The number of hydrogen-bond acceptors (Lipinski definition) is 4. The Labute approximate surface area is 155 Å². The summed E-state index contributed by atoms with van der Waals surface area (Å²) >= 11 is 7.67. The molecule has 3 rings (SSSR count). The number of aromatic nitrogens is 2. The molecule has 0 amide bonds. The first-order chi connectivity index (χ1) is 12.1.